The predicted octanol–water partition coefficient (Wildman–Crippen LogP) is 1.74. The van der Waals surface area contributed by atoms with E-state index in [9.17, 15) is 14.7 Å². The van der Waals surface area contributed by atoms with Crippen molar-refractivity contribution in [3.63, 3.8) is 0 Å². The van der Waals surface area contributed by atoms with E-state index in [2.05, 4.69) is 16.2 Å². The van der Waals surface area contributed by atoms with Crippen molar-refractivity contribution in [2.45, 2.75) is 38.5 Å². The van der Waals surface area contributed by atoms with E-state index in [1.54, 1.807) is 24.3 Å². The van der Waals surface area contributed by atoms with Gasteiger partial charge in [-0.15, -0.1) is 0 Å². The van der Waals surface area contributed by atoms with Gasteiger partial charge in [-0.05, 0) is 48.3 Å². The van der Waals surface area contributed by atoms with E-state index in [0.29, 0.717) is 28.1 Å². The lowest BCUT2D eigenvalue weighted by atomic mass is 9.87. The van der Waals surface area contributed by atoms with Gasteiger partial charge in [-0.1, -0.05) is 61.6 Å². The highest BCUT2D eigenvalue weighted by Crippen LogP contribution is 2.26. The van der Waals surface area contributed by atoms with E-state index in [0.717, 1.165) is 11.1 Å². The molecule has 174 valence electrons. The number of H-pyrrole nitrogens is 1. The largest absolute Gasteiger partial charge is 0.545 e. The fourth-order valence-corrected chi connectivity index (χ4v) is 5.23. The number of aromatic nitrogens is 3. The minimum absolute atomic E-state index is 0.000431. The van der Waals surface area contributed by atoms with Gasteiger partial charge < -0.3 is 14.3 Å². The van der Waals surface area contributed by atoms with Crippen LogP contribution < -0.4 is 26.0 Å². The molecule has 0 radical (unpaired) electrons. The molecule has 1 saturated carbocycles. The van der Waals surface area contributed by atoms with Crippen molar-refractivity contribution in [2.24, 2.45) is 5.92 Å². The van der Waals surface area contributed by atoms with Gasteiger partial charge in [-0.2, -0.15) is 4.98 Å². The number of hydrogen-bond acceptors (Lipinski definition) is 7. The second kappa shape index (κ2) is 9.26. The van der Waals surface area contributed by atoms with Gasteiger partial charge >= 0.3 is 0 Å². The van der Waals surface area contributed by atoms with Crippen LogP contribution in [0.15, 0.2) is 45.6 Å². The van der Waals surface area contributed by atoms with Crippen LogP contribution in [-0.4, -0.2) is 20.7 Å². The number of hydrogen-bond donors (Lipinski definition) is 2. The summed E-state index contributed by atoms with van der Waals surface area (Å²) in [5, 5.41) is 23.4. The maximum atomic E-state index is 12.7. The molecule has 0 bridgehead atoms. The molecule has 0 amide bonds. The molecular weight excluding hydrogens is 452 g/mol. The molecule has 9 heteroatoms. The summed E-state index contributed by atoms with van der Waals surface area (Å²) in [6.07, 6.45) is 11.0. The molecule has 0 saturated heterocycles. The molecule has 5 rings (SSSR count). The molecule has 0 atom stereocenters. The number of carbonyl (C=O) groups is 1. The Bertz CT molecular complexity index is 1550. The van der Waals surface area contributed by atoms with Gasteiger partial charge in [-0.3, -0.25) is 15.3 Å². The summed E-state index contributed by atoms with van der Waals surface area (Å²) in [6, 6.07) is 9.58. The van der Waals surface area contributed by atoms with Crippen molar-refractivity contribution in [1.29, 1.82) is 5.41 Å². The van der Waals surface area contributed by atoms with E-state index in [1.165, 1.54) is 66.3 Å². The van der Waals surface area contributed by atoms with Crippen molar-refractivity contribution in [2.75, 3.05) is 0 Å². The standard InChI is InChI=1S/C25H24N4O4S/c26-22-19(14-18-10-11-20(33-18)16-7-4-8-17(13-16)24(31)32)23(30)27-25-29(22)28-21(34-25)12-9-15-5-2-1-3-6-15/h4,7-8,10-15,26,28H,1-3,5-6,9H2,(H,31,32)/p-1. The number of carboxylic acid groups (broad SMARTS) is 1. The predicted molar refractivity (Wildman–Crippen MR) is 126 cm³/mol. The summed E-state index contributed by atoms with van der Waals surface area (Å²) >= 11 is 1.36. The number of fused-ring (bicyclic) bond motifs is 1. The highest BCUT2D eigenvalue weighted by atomic mass is 32.1. The van der Waals surface area contributed by atoms with Crippen molar-refractivity contribution >= 4 is 29.5 Å². The zero-order chi connectivity index (χ0) is 23.7. The molecule has 8 nitrogen and oxygen atoms in total. The molecule has 3 aliphatic rings. The van der Waals surface area contributed by atoms with Gasteiger partial charge in [0.15, 0.2) is 5.49 Å². The average molecular weight is 476 g/mol. The second-order valence-corrected chi connectivity index (χ2v) is 9.54. The Morgan fingerprint density at radius 1 is 1.26 bits per heavy atom. The Morgan fingerprint density at radius 3 is 2.88 bits per heavy atom. The maximum Gasteiger partial charge on any atom is 0.283 e. The van der Waals surface area contributed by atoms with E-state index in [4.69, 9.17) is 9.83 Å². The Balaban J connectivity index is 1.48. The fourth-order valence-electron chi connectivity index (χ4n) is 4.36. The number of aromatic carboxylic acids is 1. The highest BCUT2D eigenvalue weighted by molar-refractivity contribution is 7.11. The van der Waals surface area contributed by atoms with Crippen LogP contribution in [0.4, 0.5) is 0 Å². The van der Waals surface area contributed by atoms with Crippen molar-refractivity contribution in [3.8, 4) is 16.5 Å². The topological polar surface area (TPSA) is 128 Å². The molecule has 1 aromatic carbocycles. The maximum absolute atomic E-state index is 12.7. The molecule has 34 heavy (non-hydrogen) atoms. The molecule has 1 aliphatic carbocycles. The summed E-state index contributed by atoms with van der Waals surface area (Å²) in [6.45, 7) is 0. The van der Waals surface area contributed by atoms with E-state index in [1.807, 2.05) is 0 Å². The van der Waals surface area contributed by atoms with Crippen molar-refractivity contribution < 1.29 is 14.3 Å². The zero-order valence-electron chi connectivity index (χ0n) is 18.4. The number of nitrogens with one attached hydrogen (secondary N) is 2. The third-order valence-electron chi connectivity index (χ3n) is 6.18. The lowest BCUT2D eigenvalue weighted by Crippen LogP contribution is -2.47. The van der Waals surface area contributed by atoms with Crippen LogP contribution in [0.1, 0.15) is 54.6 Å². The summed E-state index contributed by atoms with van der Waals surface area (Å²) in [5.41, 5.74) is 0.114. The van der Waals surface area contributed by atoms with Crippen LogP contribution in [0.5, 0.6) is 0 Å². The molecule has 0 spiro atoms. The number of rotatable bonds is 5. The van der Waals surface area contributed by atoms with E-state index < -0.39 is 11.5 Å². The minimum atomic E-state index is -1.27. The monoisotopic (exact) mass is 475 g/mol. The SMILES string of the molecule is N=c1c(=Cc2ccc(-c3cccc(C(=O)[O-])c3)o2)c(=O)nc2sc(=CCC3CCCCC3)[nH]n1-2. The number of benzene rings is 1. The van der Waals surface area contributed by atoms with Crippen LogP contribution >= 0.6 is 11.3 Å². The van der Waals surface area contributed by atoms with Crippen LogP contribution in [0.3, 0.4) is 0 Å². The lowest BCUT2D eigenvalue weighted by Gasteiger charge is -2.19. The number of carboxylic acids is 1. The minimum Gasteiger partial charge on any atom is -0.545 e. The fraction of sp³-hybridized carbons (Fsp3) is 0.280. The van der Waals surface area contributed by atoms with Gasteiger partial charge in [0.25, 0.3) is 5.56 Å². The van der Waals surface area contributed by atoms with Crippen LogP contribution in [-0.2, 0) is 0 Å². The summed E-state index contributed by atoms with van der Waals surface area (Å²) in [7, 11) is 0. The normalized spacial score (nSPS) is 15.9. The van der Waals surface area contributed by atoms with Gasteiger partial charge in [0, 0.05) is 5.56 Å². The third-order valence-corrected chi connectivity index (χ3v) is 7.11. The van der Waals surface area contributed by atoms with Crippen molar-refractivity contribution in [3.05, 3.63) is 73.4 Å². The van der Waals surface area contributed by atoms with Crippen LogP contribution in [0.25, 0.3) is 28.6 Å². The number of furan rings is 1. The lowest BCUT2D eigenvalue weighted by molar-refractivity contribution is -0.255. The molecule has 3 heterocycles. The van der Waals surface area contributed by atoms with Gasteiger partial charge in [0.05, 0.1) is 11.2 Å². The Kier molecular flexibility index (Phi) is 6.02. The first-order chi connectivity index (χ1) is 16.5. The smallest absolute Gasteiger partial charge is 0.283 e. The van der Waals surface area contributed by atoms with Crippen LogP contribution in [0, 0.1) is 11.3 Å². The number of carbonyl (C=O) groups excluding carboxylic acids is 1. The van der Waals surface area contributed by atoms with Crippen molar-refractivity contribution in [1.82, 2.24) is 14.8 Å². The summed E-state index contributed by atoms with van der Waals surface area (Å²) in [4.78, 5) is 27.9. The third kappa shape index (κ3) is 4.51. The van der Waals surface area contributed by atoms with E-state index in [-0.39, 0.29) is 16.3 Å². The molecule has 0 unspecified atom stereocenters. The second-order valence-electron chi connectivity index (χ2n) is 8.53. The molecule has 2 aromatic rings. The zero-order valence-corrected chi connectivity index (χ0v) is 19.2. The first kappa shape index (κ1) is 22.1. The molecule has 1 aromatic heterocycles. The average Bonchev–Trinajstić information content (AvgIpc) is 3.48. The Morgan fingerprint density at radius 2 is 2.09 bits per heavy atom. The summed E-state index contributed by atoms with van der Waals surface area (Å²) in [5.74, 6) is 0.228. The molecule has 1 fully saturated rings. The number of nitrogens with zero attached hydrogens (tertiary/aromatic N) is 2. The Hall–Kier alpha value is -3.72. The van der Waals surface area contributed by atoms with E-state index >= 15 is 0 Å². The van der Waals surface area contributed by atoms with Crippen LogP contribution in [0.2, 0.25) is 0 Å². The quantitative estimate of drug-likeness (QED) is 0.454. The van der Waals surface area contributed by atoms with Gasteiger partial charge in [-0.25, -0.2) is 4.68 Å². The first-order valence-corrected chi connectivity index (χ1v) is 12.1. The highest BCUT2D eigenvalue weighted by Gasteiger charge is 2.14. The molecular formula is C25H23N4O4S-. The first-order valence-electron chi connectivity index (χ1n) is 11.3. The molecule has 2 aliphatic heterocycles. The molecule has 2 N–H and O–H groups in total. The van der Waals surface area contributed by atoms with Gasteiger partial charge in [0.2, 0.25) is 5.13 Å². The number of aromatic amines is 1. The summed E-state index contributed by atoms with van der Waals surface area (Å²) < 4.78 is 8.20. The Labute approximate surface area is 198 Å². The van der Waals surface area contributed by atoms with Gasteiger partial charge in [0.1, 0.15) is 16.2 Å².